The molecule has 0 aliphatic carbocycles. The van der Waals surface area contributed by atoms with Crippen LogP contribution in [-0.2, 0) is 11.3 Å². The normalized spacial score (nSPS) is 16.4. The summed E-state index contributed by atoms with van der Waals surface area (Å²) in [7, 11) is 1.60. The molecule has 0 radical (unpaired) electrons. The average molecular weight is 416 g/mol. The highest BCUT2D eigenvalue weighted by Crippen LogP contribution is 2.29. The molecular formula is C20H21N3O3S2. The van der Waals surface area contributed by atoms with Crippen molar-refractivity contribution in [2.45, 2.75) is 30.6 Å². The SMILES string of the molecule is COc1cccc(C(=O)CSc2nnc(-c3cccs3)n2CC2CCCO2)c1. The van der Waals surface area contributed by atoms with Crippen molar-refractivity contribution in [3.05, 3.63) is 47.3 Å². The van der Waals surface area contributed by atoms with E-state index in [2.05, 4.69) is 14.8 Å². The number of nitrogens with zero attached hydrogens (tertiary/aromatic N) is 3. The lowest BCUT2D eigenvalue weighted by molar-refractivity contribution is 0.0953. The fourth-order valence-corrected chi connectivity index (χ4v) is 4.71. The van der Waals surface area contributed by atoms with E-state index in [1.165, 1.54) is 11.8 Å². The third kappa shape index (κ3) is 4.29. The summed E-state index contributed by atoms with van der Waals surface area (Å²) in [6, 6.07) is 11.3. The molecule has 0 saturated carbocycles. The van der Waals surface area contributed by atoms with Crippen LogP contribution >= 0.6 is 23.1 Å². The lowest BCUT2D eigenvalue weighted by Crippen LogP contribution is -2.17. The Balaban J connectivity index is 1.52. The zero-order valence-corrected chi connectivity index (χ0v) is 17.2. The van der Waals surface area contributed by atoms with E-state index in [9.17, 15) is 4.79 Å². The molecular weight excluding hydrogens is 394 g/mol. The highest BCUT2D eigenvalue weighted by molar-refractivity contribution is 7.99. The van der Waals surface area contributed by atoms with Crippen molar-refractivity contribution >= 4 is 28.9 Å². The van der Waals surface area contributed by atoms with Crippen molar-refractivity contribution in [1.29, 1.82) is 0 Å². The summed E-state index contributed by atoms with van der Waals surface area (Å²) in [5.41, 5.74) is 0.635. The largest absolute Gasteiger partial charge is 0.497 e. The number of aromatic nitrogens is 3. The van der Waals surface area contributed by atoms with Crippen LogP contribution in [0.1, 0.15) is 23.2 Å². The van der Waals surface area contributed by atoms with Gasteiger partial charge >= 0.3 is 0 Å². The molecule has 1 aliphatic heterocycles. The fraction of sp³-hybridized carbons (Fsp3) is 0.350. The van der Waals surface area contributed by atoms with Gasteiger partial charge in [0.15, 0.2) is 16.8 Å². The average Bonchev–Trinajstić information content (AvgIpc) is 3.49. The molecule has 8 heteroatoms. The van der Waals surface area contributed by atoms with E-state index in [-0.39, 0.29) is 11.9 Å². The van der Waals surface area contributed by atoms with Crippen LogP contribution in [0.3, 0.4) is 0 Å². The van der Waals surface area contributed by atoms with E-state index < -0.39 is 0 Å². The number of ketones is 1. The Morgan fingerprint density at radius 1 is 1.36 bits per heavy atom. The topological polar surface area (TPSA) is 66.2 Å². The lowest BCUT2D eigenvalue weighted by atomic mass is 10.1. The minimum Gasteiger partial charge on any atom is -0.497 e. The predicted octanol–water partition coefficient (Wildman–Crippen LogP) is 4.17. The number of rotatable bonds is 8. The van der Waals surface area contributed by atoms with E-state index in [0.717, 1.165) is 35.3 Å². The van der Waals surface area contributed by atoms with Gasteiger partial charge in [-0.2, -0.15) is 0 Å². The molecule has 1 fully saturated rings. The molecule has 1 aliphatic rings. The standard InChI is InChI=1S/C20H21N3O3S2/c1-25-15-6-2-5-14(11-15)17(24)13-28-20-22-21-19(18-8-4-10-27-18)23(20)12-16-7-3-9-26-16/h2,4-6,8,10-11,16H,3,7,9,12-13H2,1H3. The smallest absolute Gasteiger partial charge is 0.192 e. The van der Waals surface area contributed by atoms with Gasteiger partial charge < -0.3 is 9.47 Å². The van der Waals surface area contributed by atoms with Crippen molar-refractivity contribution in [2.24, 2.45) is 0 Å². The summed E-state index contributed by atoms with van der Waals surface area (Å²) in [6.45, 7) is 1.51. The van der Waals surface area contributed by atoms with E-state index in [0.29, 0.717) is 23.6 Å². The second kappa shape index (κ2) is 8.89. The van der Waals surface area contributed by atoms with Crippen LogP contribution in [-0.4, -0.2) is 46.1 Å². The van der Waals surface area contributed by atoms with Crippen LogP contribution in [0.25, 0.3) is 10.7 Å². The van der Waals surface area contributed by atoms with Gasteiger partial charge in [0.05, 0.1) is 30.4 Å². The molecule has 1 saturated heterocycles. The second-order valence-electron chi connectivity index (χ2n) is 6.47. The Kier molecular flexibility index (Phi) is 6.09. The first-order valence-corrected chi connectivity index (χ1v) is 11.0. The van der Waals surface area contributed by atoms with Gasteiger partial charge in [-0.15, -0.1) is 21.5 Å². The molecule has 6 nitrogen and oxygen atoms in total. The zero-order chi connectivity index (χ0) is 19.3. The number of carbonyl (C=O) groups is 1. The Hall–Kier alpha value is -2.16. The van der Waals surface area contributed by atoms with Crippen molar-refractivity contribution in [3.8, 4) is 16.5 Å². The van der Waals surface area contributed by atoms with Crippen molar-refractivity contribution < 1.29 is 14.3 Å². The number of thiophene rings is 1. The summed E-state index contributed by atoms with van der Waals surface area (Å²) in [5.74, 6) is 1.84. The zero-order valence-electron chi connectivity index (χ0n) is 15.5. The van der Waals surface area contributed by atoms with Gasteiger partial charge in [-0.05, 0) is 36.4 Å². The number of carbonyl (C=O) groups excluding carboxylic acids is 1. The Morgan fingerprint density at radius 3 is 3.04 bits per heavy atom. The van der Waals surface area contributed by atoms with Gasteiger partial charge in [-0.25, -0.2) is 0 Å². The number of methoxy groups -OCH3 is 1. The van der Waals surface area contributed by atoms with Gasteiger partial charge in [0.25, 0.3) is 0 Å². The Bertz CT molecular complexity index is 934. The van der Waals surface area contributed by atoms with E-state index >= 15 is 0 Å². The summed E-state index contributed by atoms with van der Waals surface area (Å²) in [6.07, 6.45) is 2.29. The summed E-state index contributed by atoms with van der Waals surface area (Å²) in [5, 5.41) is 11.5. The molecule has 28 heavy (non-hydrogen) atoms. The summed E-state index contributed by atoms with van der Waals surface area (Å²) < 4.78 is 13.1. The van der Waals surface area contributed by atoms with Gasteiger partial charge in [0.1, 0.15) is 5.75 Å². The quantitative estimate of drug-likeness (QED) is 0.406. The maximum Gasteiger partial charge on any atom is 0.192 e. The Morgan fingerprint density at radius 2 is 2.29 bits per heavy atom. The highest BCUT2D eigenvalue weighted by Gasteiger charge is 2.22. The third-order valence-electron chi connectivity index (χ3n) is 4.59. The minimum absolute atomic E-state index is 0.0354. The molecule has 0 spiro atoms. The summed E-state index contributed by atoms with van der Waals surface area (Å²) >= 11 is 3.05. The number of Topliss-reactive ketones (excluding diaryl/α,β-unsaturated/α-hetero) is 1. The molecule has 0 N–H and O–H groups in total. The van der Waals surface area contributed by atoms with Crippen molar-refractivity contribution in [3.63, 3.8) is 0 Å². The number of hydrogen-bond donors (Lipinski definition) is 0. The highest BCUT2D eigenvalue weighted by atomic mass is 32.2. The van der Waals surface area contributed by atoms with Crippen LogP contribution in [0.4, 0.5) is 0 Å². The van der Waals surface area contributed by atoms with Crippen LogP contribution in [0.2, 0.25) is 0 Å². The molecule has 0 bridgehead atoms. The molecule has 1 unspecified atom stereocenters. The second-order valence-corrected chi connectivity index (χ2v) is 8.36. The van der Waals surface area contributed by atoms with Crippen LogP contribution in [0.5, 0.6) is 5.75 Å². The first-order chi connectivity index (χ1) is 13.7. The maximum absolute atomic E-state index is 12.6. The van der Waals surface area contributed by atoms with E-state index in [1.807, 2.05) is 29.6 Å². The van der Waals surface area contributed by atoms with Crippen molar-refractivity contribution in [1.82, 2.24) is 14.8 Å². The lowest BCUT2D eigenvalue weighted by Gasteiger charge is -2.14. The molecule has 146 valence electrons. The van der Waals surface area contributed by atoms with Gasteiger partial charge in [0, 0.05) is 12.2 Å². The number of thioether (sulfide) groups is 1. The molecule has 2 aromatic heterocycles. The first-order valence-electron chi connectivity index (χ1n) is 9.13. The maximum atomic E-state index is 12.6. The fourth-order valence-electron chi connectivity index (χ4n) is 3.15. The predicted molar refractivity (Wildman–Crippen MR) is 110 cm³/mol. The molecule has 1 aromatic carbocycles. The van der Waals surface area contributed by atoms with Gasteiger partial charge in [-0.1, -0.05) is 30.0 Å². The minimum atomic E-state index is 0.0354. The van der Waals surface area contributed by atoms with Crippen LogP contribution < -0.4 is 4.74 Å². The molecule has 4 rings (SSSR count). The third-order valence-corrected chi connectivity index (χ3v) is 6.43. The van der Waals surface area contributed by atoms with Gasteiger partial charge in [-0.3, -0.25) is 9.36 Å². The molecule has 3 heterocycles. The van der Waals surface area contributed by atoms with Crippen LogP contribution in [0.15, 0.2) is 46.9 Å². The van der Waals surface area contributed by atoms with Crippen molar-refractivity contribution in [2.75, 3.05) is 19.5 Å². The van der Waals surface area contributed by atoms with E-state index in [1.54, 1.807) is 30.6 Å². The van der Waals surface area contributed by atoms with E-state index in [4.69, 9.17) is 9.47 Å². The molecule has 3 aromatic rings. The molecule has 1 atom stereocenters. The van der Waals surface area contributed by atoms with Gasteiger partial charge in [0.2, 0.25) is 0 Å². The monoisotopic (exact) mass is 415 g/mol. The number of ether oxygens (including phenoxy) is 2. The number of benzene rings is 1. The number of hydrogen-bond acceptors (Lipinski definition) is 7. The summed E-state index contributed by atoms with van der Waals surface area (Å²) in [4.78, 5) is 13.7. The van der Waals surface area contributed by atoms with Crippen LogP contribution in [0, 0.1) is 0 Å². The Labute approximate surface area is 171 Å². The molecule has 0 amide bonds. The first kappa shape index (κ1) is 19.2.